The van der Waals surface area contributed by atoms with Gasteiger partial charge in [-0.3, -0.25) is 5.10 Å². The molecule has 1 aromatic heterocycles. The first-order chi connectivity index (χ1) is 11.0. The topological polar surface area (TPSA) is 87.7 Å². The van der Waals surface area contributed by atoms with Gasteiger partial charge in [-0.1, -0.05) is 18.2 Å². The summed E-state index contributed by atoms with van der Waals surface area (Å²) in [5.74, 6) is 0.392. The Hall–Kier alpha value is -2.58. The molecule has 6 nitrogen and oxygen atoms in total. The van der Waals surface area contributed by atoms with Crippen LogP contribution >= 0.6 is 0 Å². The van der Waals surface area contributed by atoms with Crippen LogP contribution in [0.4, 0.5) is 4.39 Å². The maximum atomic E-state index is 12.9. The second-order valence-electron chi connectivity index (χ2n) is 4.75. The molecule has 8 heteroatoms. The summed E-state index contributed by atoms with van der Waals surface area (Å²) in [7, 11) is -3.61. The minimum absolute atomic E-state index is 0.0224. The molecule has 2 N–H and O–H groups in total. The smallest absolute Gasteiger partial charge is 0.240 e. The van der Waals surface area contributed by atoms with E-state index in [1.807, 2.05) is 0 Å². The third-order valence-corrected chi connectivity index (χ3v) is 4.53. The Morgan fingerprint density at radius 2 is 1.74 bits per heavy atom. The summed E-state index contributed by atoms with van der Waals surface area (Å²) < 4.78 is 39.5. The third kappa shape index (κ3) is 3.61. The molecule has 0 saturated carbocycles. The van der Waals surface area contributed by atoms with E-state index >= 15 is 0 Å². The number of nitrogens with one attached hydrogen (secondary N) is 2. The first-order valence-corrected chi connectivity index (χ1v) is 8.25. The average Bonchev–Trinajstić information content (AvgIpc) is 3.04. The van der Waals surface area contributed by atoms with E-state index in [0.717, 1.165) is 0 Å². The van der Waals surface area contributed by atoms with Crippen molar-refractivity contribution in [3.63, 3.8) is 0 Å². The number of sulfonamides is 1. The highest BCUT2D eigenvalue weighted by molar-refractivity contribution is 7.89. The quantitative estimate of drug-likeness (QED) is 0.749. The second-order valence-corrected chi connectivity index (χ2v) is 6.52. The summed E-state index contributed by atoms with van der Waals surface area (Å²) in [6.07, 6.45) is 0. The van der Waals surface area contributed by atoms with Gasteiger partial charge < -0.3 is 0 Å². The van der Waals surface area contributed by atoms with E-state index in [4.69, 9.17) is 0 Å². The van der Waals surface area contributed by atoms with Crippen molar-refractivity contribution in [2.45, 2.75) is 11.4 Å². The van der Waals surface area contributed by atoms with Crippen LogP contribution in [-0.4, -0.2) is 23.6 Å². The van der Waals surface area contributed by atoms with Gasteiger partial charge in [0.2, 0.25) is 10.0 Å². The molecule has 0 aliphatic rings. The minimum atomic E-state index is -3.61. The van der Waals surface area contributed by atoms with E-state index < -0.39 is 10.0 Å². The molecule has 0 radical (unpaired) electrons. The number of aromatic nitrogens is 3. The fraction of sp³-hybridized carbons (Fsp3) is 0.0667. The van der Waals surface area contributed by atoms with Crippen LogP contribution in [0.3, 0.4) is 0 Å². The van der Waals surface area contributed by atoms with E-state index in [-0.39, 0.29) is 17.3 Å². The van der Waals surface area contributed by atoms with Gasteiger partial charge in [0, 0.05) is 5.56 Å². The average molecular weight is 332 g/mol. The Balaban J connectivity index is 1.71. The molecule has 0 aliphatic carbocycles. The molecule has 0 saturated heterocycles. The van der Waals surface area contributed by atoms with Gasteiger partial charge in [-0.25, -0.2) is 22.5 Å². The van der Waals surface area contributed by atoms with Crippen molar-refractivity contribution in [1.82, 2.24) is 19.9 Å². The fourth-order valence-electron chi connectivity index (χ4n) is 1.95. The monoisotopic (exact) mass is 332 g/mol. The van der Waals surface area contributed by atoms with Crippen LogP contribution in [0, 0.1) is 5.82 Å². The highest BCUT2D eigenvalue weighted by Gasteiger charge is 2.14. The first-order valence-electron chi connectivity index (χ1n) is 6.76. The molecule has 1 heterocycles. The van der Waals surface area contributed by atoms with Crippen molar-refractivity contribution in [3.8, 4) is 11.4 Å². The number of halogens is 1. The van der Waals surface area contributed by atoms with Crippen molar-refractivity contribution in [2.24, 2.45) is 0 Å². The predicted molar refractivity (Wildman–Crippen MR) is 82.2 cm³/mol. The van der Waals surface area contributed by atoms with Crippen molar-refractivity contribution in [1.29, 1.82) is 0 Å². The minimum Gasteiger partial charge on any atom is -0.262 e. The molecular formula is C15H13FN4O2S. The predicted octanol–water partition coefficient (Wildman–Crippen LogP) is 2.09. The largest absolute Gasteiger partial charge is 0.262 e. The van der Waals surface area contributed by atoms with Crippen LogP contribution in [0.25, 0.3) is 11.4 Å². The molecular weight excluding hydrogens is 319 g/mol. The van der Waals surface area contributed by atoms with Crippen LogP contribution in [0.15, 0.2) is 59.5 Å². The molecule has 23 heavy (non-hydrogen) atoms. The maximum Gasteiger partial charge on any atom is 0.240 e. The zero-order chi connectivity index (χ0) is 16.3. The molecule has 0 atom stereocenters. The van der Waals surface area contributed by atoms with Gasteiger partial charge in [0.15, 0.2) is 5.82 Å². The first kappa shape index (κ1) is 15.3. The lowest BCUT2D eigenvalue weighted by Crippen LogP contribution is -2.23. The third-order valence-electron chi connectivity index (χ3n) is 3.12. The lowest BCUT2D eigenvalue weighted by Gasteiger charge is -2.04. The standard InChI is InChI=1S/C15H13FN4O2S/c16-12-8-6-11(7-9-12)15-18-14(19-20-15)10-17-23(21,22)13-4-2-1-3-5-13/h1-9,17H,10H2,(H,18,19,20). The maximum absolute atomic E-state index is 12.9. The SMILES string of the molecule is O=S(=O)(NCc1nc(-c2ccc(F)cc2)n[nH]1)c1ccccc1. The van der Waals surface area contributed by atoms with E-state index in [1.165, 1.54) is 24.3 Å². The van der Waals surface area contributed by atoms with Crippen LogP contribution in [0.2, 0.25) is 0 Å². The molecule has 0 unspecified atom stereocenters. The van der Waals surface area contributed by atoms with Gasteiger partial charge >= 0.3 is 0 Å². The van der Waals surface area contributed by atoms with E-state index in [1.54, 1.807) is 30.3 Å². The molecule has 2 aromatic carbocycles. The highest BCUT2D eigenvalue weighted by Crippen LogP contribution is 2.15. The summed E-state index contributed by atoms with van der Waals surface area (Å²) in [6, 6.07) is 13.8. The molecule has 3 aromatic rings. The Labute approximate surface area is 132 Å². The molecule has 0 amide bonds. The Morgan fingerprint density at radius 1 is 1.04 bits per heavy atom. The molecule has 0 bridgehead atoms. The Bertz CT molecular complexity index is 893. The van der Waals surface area contributed by atoms with Crippen LogP contribution in [0.1, 0.15) is 5.82 Å². The number of hydrogen-bond donors (Lipinski definition) is 2. The lowest BCUT2D eigenvalue weighted by molar-refractivity contribution is 0.579. The summed E-state index contributed by atoms with van der Waals surface area (Å²) in [5.41, 5.74) is 0.639. The summed E-state index contributed by atoms with van der Waals surface area (Å²) in [4.78, 5) is 4.37. The van der Waals surface area contributed by atoms with Crippen molar-refractivity contribution in [3.05, 3.63) is 66.2 Å². The lowest BCUT2D eigenvalue weighted by atomic mass is 10.2. The molecule has 3 rings (SSSR count). The molecule has 0 fully saturated rings. The van der Waals surface area contributed by atoms with Gasteiger partial charge in [-0.15, -0.1) is 0 Å². The van der Waals surface area contributed by atoms with Gasteiger partial charge in [-0.05, 0) is 36.4 Å². The van der Waals surface area contributed by atoms with Gasteiger partial charge in [-0.2, -0.15) is 5.10 Å². The number of benzene rings is 2. The normalized spacial score (nSPS) is 11.5. The van der Waals surface area contributed by atoms with Crippen LogP contribution in [0.5, 0.6) is 0 Å². The molecule has 0 aliphatic heterocycles. The van der Waals surface area contributed by atoms with E-state index in [9.17, 15) is 12.8 Å². The second kappa shape index (κ2) is 6.27. The number of nitrogens with zero attached hydrogens (tertiary/aromatic N) is 2. The summed E-state index contributed by atoms with van der Waals surface area (Å²) >= 11 is 0. The van der Waals surface area contributed by atoms with Crippen LogP contribution in [-0.2, 0) is 16.6 Å². The van der Waals surface area contributed by atoms with E-state index in [2.05, 4.69) is 19.9 Å². The van der Waals surface area contributed by atoms with Gasteiger partial charge in [0.25, 0.3) is 0 Å². The Kier molecular flexibility index (Phi) is 4.18. The number of aromatic amines is 1. The number of rotatable bonds is 5. The zero-order valence-corrected chi connectivity index (χ0v) is 12.7. The van der Waals surface area contributed by atoms with Crippen LogP contribution < -0.4 is 4.72 Å². The van der Waals surface area contributed by atoms with Crippen molar-refractivity contribution < 1.29 is 12.8 Å². The zero-order valence-electron chi connectivity index (χ0n) is 11.9. The highest BCUT2D eigenvalue weighted by atomic mass is 32.2. The van der Waals surface area contributed by atoms with Gasteiger partial charge in [0.05, 0.1) is 11.4 Å². The molecule has 118 valence electrons. The molecule has 0 spiro atoms. The number of hydrogen-bond acceptors (Lipinski definition) is 4. The number of H-pyrrole nitrogens is 1. The van der Waals surface area contributed by atoms with Gasteiger partial charge in [0.1, 0.15) is 11.6 Å². The summed E-state index contributed by atoms with van der Waals surface area (Å²) in [5, 5.41) is 6.66. The van der Waals surface area contributed by atoms with E-state index in [0.29, 0.717) is 17.2 Å². The Morgan fingerprint density at radius 3 is 2.43 bits per heavy atom. The fourth-order valence-corrected chi connectivity index (χ4v) is 2.96. The summed E-state index contributed by atoms with van der Waals surface area (Å²) in [6.45, 7) is -0.0224. The van der Waals surface area contributed by atoms with Crippen molar-refractivity contribution >= 4 is 10.0 Å². The van der Waals surface area contributed by atoms with Crippen molar-refractivity contribution in [2.75, 3.05) is 0 Å².